The van der Waals surface area contributed by atoms with Crippen molar-refractivity contribution in [1.29, 1.82) is 0 Å². The van der Waals surface area contributed by atoms with Gasteiger partial charge in [-0.1, -0.05) is 20.8 Å². The molecule has 0 unspecified atom stereocenters. The van der Waals surface area contributed by atoms with Crippen LogP contribution >= 0.6 is 11.3 Å². The maximum Gasteiger partial charge on any atom is 0.188 e. The lowest BCUT2D eigenvalue weighted by Crippen LogP contribution is -2.33. The first kappa shape index (κ1) is 15.0. The zero-order chi connectivity index (χ0) is 13.4. The monoisotopic (exact) mass is 268 g/mol. The molecule has 3 N–H and O–H groups in total. The van der Waals surface area contributed by atoms with Gasteiger partial charge in [-0.3, -0.25) is 4.99 Å². The third-order valence-electron chi connectivity index (χ3n) is 2.58. The lowest BCUT2D eigenvalue weighted by molar-refractivity contribution is 0.595. The van der Waals surface area contributed by atoms with Crippen LogP contribution in [0.2, 0.25) is 0 Å². The molecular formula is C13H24N4S. The fourth-order valence-corrected chi connectivity index (χ4v) is 2.29. The van der Waals surface area contributed by atoms with E-state index in [2.05, 4.69) is 36.1 Å². The standard InChI is InChI=1S/C13H24N4S/c1-4-11-9-17-12(18-11)6-8-16-13(14)15-7-5-10(2)3/h9-10H,4-8H2,1-3H3,(H3,14,15,16). The molecule has 0 amide bonds. The number of nitrogens with zero attached hydrogens (tertiary/aromatic N) is 2. The highest BCUT2D eigenvalue weighted by atomic mass is 32.1. The predicted molar refractivity (Wildman–Crippen MR) is 79.1 cm³/mol. The molecule has 4 nitrogen and oxygen atoms in total. The van der Waals surface area contributed by atoms with E-state index in [0.29, 0.717) is 11.9 Å². The van der Waals surface area contributed by atoms with Crippen molar-refractivity contribution in [2.24, 2.45) is 16.6 Å². The van der Waals surface area contributed by atoms with E-state index in [4.69, 9.17) is 5.73 Å². The number of thiazole rings is 1. The fourth-order valence-electron chi connectivity index (χ4n) is 1.42. The Labute approximate surface area is 114 Å². The number of aromatic nitrogens is 1. The van der Waals surface area contributed by atoms with E-state index in [0.717, 1.165) is 37.4 Å². The summed E-state index contributed by atoms with van der Waals surface area (Å²) < 4.78 is 0. The maximum absolute atomic E-state index is 5.78. The lowest BCUT2D eigenvalue weighted by Gasteiger charge is -2.05. The molecular weight excluding hydrogens is 244 g/mol. The van der Waals surface area contributed by atoms with Crippen molar-refractivity contribution in [1.82, 2.24) is 10.3 Å². The molecule has 0 fully saturated rings. The Kier molecular flexibility index (Phi) is 6.72. The van der Waals surface area contributed by atoms with Gasteiger partial charge in [0.1, 0.15) is 0 Å². The van der Waals surface area contributed by atoms with E-state index in [-0.39, 0.29) is 0 Å². The fraction of sp³-hybridized carbons (Fsp3) is 0.692. The molecule has 5 heteroatoms. The quantitative estimate of drug-likeness (QED) is 0.588. The van der Waals surface area contributed by atoms with Gasteiger partial charge in [0.15, 0.2) is 5.96 Å². The number of rotatable bonds is 7. The Morgan fingerprint density at radius 2 is 2.33 bits per heavy atom. The average Bonchev–Trinajstić information content (AvgIpc) is 2.76. The minimum atomic E-state index is 0.544. The Morgan fingerprint density at radius 1 is 1.56 bits per heavy atom. The van der Waals surface area contributed by atoms with Gasteiger partial charge in [0.05, 0.1) is 5.01 Å². The summed E-state index contributed by atoms with van der Waals surface area (Å²) in [6.07, 6.45) is 5.00. The van der Waals surface area contributed by atoms with Gasteiger partial charge in [0, 0.05) is 30.6 Å². The van der Waals surface area contributed by atoms with Crippen molar-refractivity contribution in [3.8, 4) is 0 Å². The molecule has 0 radical (unpaired) electrons. The van der Waals surface area contributed by atoms with Gasteiger partial charge in [-0.15, -0.1) is 11.3 Å². The van der Waals surface area contributed by atoms with E-state index in [9.17, 15) is 0 Å². The van der Waals surface area contributed by atoms with Gasteiger partial charge >= 0.3 is 0 Å². The van der Waals surface area contributed by atoms with Crippen molar-refractivity contribution in [3.05, 3.63) is 16.1 Å². The minimum absolute atomic E-state index is 0.544. The molecule has 1 aromatic heterocycles. The minimum Gasteiger partial charge on any atom is -0.370 e. The van der Waals surface area contributed by atoms with Crippen LogP contribution in [0.25, 0.3) is 0 Å². The molecule has 1 heterocycles. The second kappa shape index (κ2) is 8.08. The van der Waals surface area contributed by atoms with Gasteiger partial charge < -0.3 is 11.1 Å². The molecule has 0 aliphatic heterocycles. The SMILES string of the molecule is CCc1cnc(CCNC(N)=NCCC(C)C)s1. The summed E-state index contributed by atoms with van der Waals surface area (Å²) in [5.74, 6) is 1.22. The van der Waals surface area contributed by atoms with Gasteiger partial charge in [-0.05, 0) is 18.8 Å². The van der Waals surface area contributed by atoms with E-state index < -0.39 is 0 Å². The van der Waals surface area contributed by atoms with Crippen molar-refractivity contribution in [2.75, 3.05) is 13.1 Å². The number of hydrogen-bond donors (Lipinski definition) is 2. The molecule has 0 bridgehead atoms. The van der Waals surface area contributed by atoms with Crippen molar-refractivity contribution < 1.29 is 0 Å². The summed E-state index contributed by atoms with van der Waals surface area (Å²) in [6, 6.07) is 0. The largest absolute Gasteiger partial charge is 0.370 e. The molecule has 18 heavy (non-hydrogen) atoms. The normalized spacial score (nSPS) is 12.1. The Morgan fingerprint density at radius 3 is 2.94 bits per heavy atom. The smallest absolute Gasteiger partial charge is 0.188 e. The zero-order valence-electron chi connectivity index (χ0n) is 11.6. The third-order valence-corrected chi connectivity index (χ3v) is 3.78. The maximum atomic E-state index is 5.78. The van der Waals surface area contributed by atoms with Crippen LogP contribution in [0.5, 0.6) is 0 Å². The topological polar surface area (TPSA) is 63.3 Å². The van der Waals surface area contributed by atoms with Gasteiger partial charge in [0.25, 0.3) is 0 Å². The second-order valence-electron chi connectivity index (χ2n) is 4.70. The van der Waals surface area contributed by atoms with Gasteiger partial charge in [0.2, 0.25) is 0 Å². The zero-order valence-corrected chi connectivity index (χ0v) is 12.4. The van der Waals surface area contributed by atoms with Crippen molar-refractivity contribution in [2.45, 2.75) is 40.0 Å². The Hall–Kier alpha value is -1.10. The summed E-state index contributed by atoms with van der Waals surface area (Å²) >= 11 is 1.77. The molecule has 0 aromatic carbocycles. The first-order chi connectivity index (χ1) is 8.61. The van der Waals surface area contributed by atoms with E-state index >= 15 is 0 Å². The van der Waals surface area contributed by atoms with Gasteiger partial charge in [-0.25, -0.2) is 4.98 Å². The van der Waals surface area contributed by atoms with E-state index in [1.807, 2.05) is 6.20 Å². The third kappa shape index (κ3) is 6.00. The van der Waals surface area contributed by atoms with Crippen LogP contribution in [-0.4, -0.2) is 24.0 Å². The van der Waals surface area contributed by atoms with Crippen LogP contribution < -0.4 is 11.1 Å². The predicted octanol–water partition coefficient (Wildman–Crippen LogP) is 2.20. The molecule has 1 rings (SSSR count). The summed E-state index contributed by atoms with van der Waals surface area (Å²) in [5.41, 5.74) is 5.78. The Balaban J connectivity index is 2.20. The number of guanidine groups is 1. The molecule has 0 aliphatic carbocycles. The molecule has 0 atom stereocenters. The molecule has 0 aliphatic rings. The van der Waals surface area contributed by atoms with Crippen molar-refractivity contribution in [3.63, 3.8) is 0 Å². The van der Waals surface area contributed by atoms with Crippen LogP contribution in [0.4, 0.5) is 0 Å². The summed E-state index contributed by atoms with van der Waals surface area (Å²) in [7, 11) is 0. The van der Waals surface area contributed by atoms with Crippen LogP contribution in [0.3, 0.4) is 0 Å². The molecule has 0 spiro atoms. The number of nitrogens with one attached hydrogen (secondary N) is 1. The number of nitrogens with two attached hydrogens (primary N) is 1. The number of aliphatic imine (C=N–C) groups is 1. The number of hydrogen-bond acceptors (Lipinski definition) is 3. The highest BCUT2D eigenvalue weighted by Gasteiger charge is 2.00. The van der Waals surface area contributed by atoms with E-state index in [1.54, 1.807) is 11.3 Å². The molecule has 102 valence electrons. The van der Waals surface area contributed by atoms with Crippen LogP contribution in [-0.2, 0) is 12.8 Å². The van der Waals surface area contributed by atoms with Crippen LogP contribution in [0.1, 0.15) is 37.1 Å². The first-order valence-corrected chi connectivity index (χ1v) is 7.40. The molecule has 1 aromatic rings. The highest BCUT2D eigenvalue weighted by Crippen LogP contribution is 2.13. The Bertz CT molecular complexity index is 371. The van der Waals surface area contributed by atoms with Crippen LogP contribution in [0.15, 0.2) is 11.2 Å². The number of aryl methyl sites for hydroxylation is 1. The summed E-state index contributed by atoms with van der Waals surface area (Å²) in [5, 5.41) is 4.29. The lowest BCUT2D eigenvalue weighted by atomic mass is 10.1. The van der Waals surface area contributed by atoms with Crippen LogP contribution in [0, 0.1) is 5.92 Å². The van der Waals surface area contributed by atoms with Gasteiger partial charge in [-0.2, -0.15) is 0 Å². The average molecular weight is 268 g/mol. The highest BCUT2D eigenvalue weighted by molar-refractivity contribution is 7.11. The molecule has 0 saturated carbocycles. The van der Waals surface area contributed by atoms with Crippen molar-refractivity contribution >= 4 is 17.3 Å². The molecule has 0 saturated heterocycles. The summed E-state index contributed by atoms with van der Waals surface area (Å²) in [6.45, 7) is 8.12. The first-order valence-electron chi connectivity index (χ1n) is 6.59. The summed E-state index contributed by atoms with van der Waals surface area (Å²) in [4.78, 5) is 9.99. The second-order valence-corrected chi connectivity index (χ2v) is 5.90. The van der Waals surface area contributed by atoms with E-state index in [1.165, 1.54) is 4.88 Å².